The molecule has 0 N–H and O–H groups in total. The number of ether oxygens (including phenoxy) is 1. The summed E-state index contributed by atoms with van der Waals surface area (Å²) < 4.78 is 29.5. The second kappa shape index (κ2) is 2.93. The van der Waals surface area contributed by atoms with Crippen LogP contribution >= 0.6 is 0 Å². The largest absolute Gasteiger partial charge is 0.368 e. The van der Waals surface area contributed by atoms with Gasteiger partial charge in [0.2, 0.25) is 10.0 Å². The molecule has 2 saturated heterocycles. The van der Waals surface area contributed by atoms with Crippen LogP contribution in [0.3, 0.4) is 0 Å². The van der Waals surface area contributed by atoms with Crippen molar-refractivity contribution in [2.75, 3.05) is 26.0 Å². The highest BCUT2D eigenvalue weighted by atomic mass is 32.2. The highest BCUT2D eigenvalue weighted by Crippen LogP contribution is 2.36. The molecule has 13 heavy (non-hydrogen) atoms. The fourth-order valence-electron chi connectivity index (χ4n) is 1.84. The van der Waals surface area contributed by atoms with E-state index in [-0.39, 0.29) is 5.60 Å². The van der Waals surface area contributed by atoms with Crippen LogP contribution in [0.2, 0.25) is 0 Å². The topological polar surface area (TPSA) is 49.9 Å². The van der Waals surface area contributed by atoms with E-state index in [9.17, 15) is 8.42 Å². The molecule has 2 heterocycles. The second-order valence-electron chi connectivity index (χ2n) is 4.03. The van der Waals surface area contributed by atoms with Gasteiger partial charge in [0.15, 0.2) is 0 Å². The molecule has 0 radical (unpaired) electrons. The van der Waals surface area contributed by atoms with Crippen LogP contribution in [-0.4, -0.2) is 44.3 Å². The Kier molecular flexibility index (Phi) is 2.13. The van der Waals surface area contributed by atoms with E-state index in [0.717, 1.165) is 25.9 Å². The van der Waals surface area contributed by atoms with Gasteiger partial charge in [-0.15, -0.1) is 0 Å². The highest BCUT2D eigenvalue weighted by Gasteiger charge is 2.47. The molecule has 0 aromatic carbocycles. The first-order valence-electron chi connectivity index (χ1n) is 4.61. The number of nitrogens with zero attached hydrogens (tertiary/aromatic N) is 1. The Bertz CT molecular complexity index is 295. The molecular formula is C8H15NO3S. The van der Waals surface area contributed by atoms with Crippen LogP contribution in [0.15, 0.2) is 0 Å². The lowest BCUT2D eigenvalue weighted by atomic mass is 10.1. The molecular weight excluding hydrogens is 190 g/mol. The van der Waals surface area contributed by atoms with Gasteiger partial charge in [0.1, 0.15) is 5.60 Å². The zero-order chi connectivity index (χ0) is 9.53. The Morgan fingerprint density at radius 3 is 2.62 bits per heavy atom. The summed E-state index contributed by atoms with van der Waals surface area (Å²) in [5.41, 5.74) is -0.112. The molecule has 2 aliphatic heterocycles. The van der Waals surface area contributed by atoms with E-state index in [0.29, 0.717) is 13.1 Å². The molecule has 0 bridgehead atoms. The Morgan fingerprint density at radius 2 is 2.08 bits per heavy atom. The summed E-state index contributed by atoms with van der Waals surface area (Å²) in [5, 5.41) is 0. The zero-order valence-corrected chi connectivity index (χ0v) is 8.64. The number of sulfonamides is 1. The van der Waals surface area contributed by atoms with Crippen molar-refractivity contribution in [1.29, 1.82) is 0 Å². The van der Waals surface area contributed by atoms with Crippen LogP contribution in [0.4, 0.5) is 0 Å². The van der Waals surface area contributed by atoms with E-state index in [1.807, 2.05) is 0 Å². The molecule has 0 aliphatic carbocycles. The maximum Gasteiger partial charge on any atom is 0.211 e. The maximum absolute atomic E-state index is 11.3. The molecule has 0 aromatic heterocycles. The third-order valence-corrected chi connectivity index (χ3v) is 4.03. The quantitative estimate of drug-likeness (QED) is 0.575. The van der Waals surface area contributed by atoms with Gasteiger partial charge in [0.25, 0.3) is 0 Å². The highest BCUT2D eigenvalue weighted by molar-refractivity contribution is 7.88. The monoisotopic (exact) mass is 205 g/mol. The van der Waals surface area contributed by atoms with Crippen molar-refractivity contribution in [1.82, 2.24) is 4.31 Å². The van der Waals surface area contributed by atoms with Crippen LogP contribution in [0.25, 0.3) is 0 Å². The van der Waals surface area contributed by atoms with Gasteiger partial charge < -0.3 is 4.74 Å². The molecule has 2 fully saturated rings. The zero-order valence-electron chi connectivity index (χ0n) is 7.82. The van der Waals surface area contributed by atoms with Crippen molar-refractivity contribution < 1.29 is 13.2 Å². The maximum atomic E-state index is 11.3. The third-order valence-electron chi connectivity index (χ3n) is 2.78. The van der Waals surface area contributed by atoms with Crippen molar-refractivity contribution in [2.45, 2.75) is 24.9 Å². The lowest BCUT2D eigenvalue weighted by molar-refractivity contribution is 0.257. The van der Waals surface area contributed by atoms with Gasteiger partial charge in [0, 0.05) is 13.1 Å². The normalized spacial score (nSPS) is 36.1. The lowest BCUT2D eigenvalue weighted by Crippen LogP contribution is -2.37. The van der Waals surface area contributed by atoms with Gasteiger partial charge in [0.05, 0.1) is 12.9 Å². The van der Waals surface area contributed by atoms with Crippen molar-refractivity contribution in [2.24, 2.45) is 0 Å². The van der Waals surface area contributed by atoms with Crippen LogP contribution < -0.4 is 0 Å². The van der Waals surface area contributed by atoms with E-state index < -0.39 is 10.0 Å². The van der Waals surface area contributed by atoms with E-state index in [2.05, 4.69) is 0 Å². The first-order chi connectivity index (χ1) is 6.02. The molecule has 2 aliphatic rings. The number of epoxide rings is 1. The molecule has 1 spiro atoms. The smallest absolute Gasteiger partial charge is 0.211 e. The van der Waals surface area contributed by atoms with Gasteiger partial charge in [-0.2, -0.15) is 4.31 Å². The number of hydrogen-bond donors (Lipinski definition) is 0. The summed E-state index contributed by atoms with van der Waals surface area (Å²) in [6.45, 7) is 1.95. The Labute approximate surface area is 78.9 Å². The van der Waals surface area contributed by atoms with Gasteiger partial charge in [-0.1, -0.05) is 0 Å². The van der Waals surface area contributed by atoms with Gasteiger partial charge in [-0.25, -0.2) is 8.42 Å². The standard InChI is InChI=1S/C8H15NO3S/c1-13(10,11)9-5-3-2-4-8(6-9)7-12-8/h2-7H2,1H3. The summed E-state index contributed by atoms with van der Waals surface area (Å²) in [6.07, 6.45) is 4.32. The van der Waals surface area contributed by atoms with E-state index in [1.54, 1.807) is 4.31 Å². The minimum atomic E-state index is -3.03. The first kappa shape index (κ1) is 9.43. The Morgan fingerprint density at radius 1 is 1.38 bits per heavy atom. The summed E-state index contributed by atoms with van der Waals surface area (Å²) in [4.78, 5) is 0. The molecule has 2 rings (SSSR count). The predicted octanol–water partition coefficient (Wildman–Crippen LogP) is 0.201. The average Bonchev–Trinajstić information content (AvgIpc) is 2.78. The molecule has 5 heteroatoms. The van der Waals surface area contributed by atoms with Gasteiger partial charge in [-0.05, 0) is 19.3 Å². The number of hydrogen-bond acceptors (Lipinski definition) is 3. The molecule has 0 aromatic rings. The average molecular weight is 205 g/mol. The molecule has 76 valence electrons. The minimum absolute atomic E-state index is 0.112. The van der Waals surface area contributed by atoms with E-state index in [1.165, 1.54) is 6.26 Å². The SMILES string of the molecule is CS(=O)(=O)N1CCCCC2(CO2)C1. The predicted molar refractivity (Wildman–Crippen MR) is 49.0 cm³/mol. The third kappa shape index (κ3) is 2.03. The fraction of sp³-hybridized carbons (Fsp3) is 1.00. The fourth-order valence-corrected chi connectivity index (χ4v) is 2.77. The Balaban J connectivity index is 2.12. The van der Waals surface area contributed by atoms with E-state index >= 15 is 0 Å². The van der Waals surface area contributed by atoms with Crippen LogP contribution in [0, 0.1) is 0 Å². The van der Waals surface area contributed by atoms with Crippen molar-refractivity contribution in [3.05, 3.63) is 0 Å². The van der Waals surface area contributed by atoms with Crippen LogP contribution in [0.1, 0.15) is 19.3 Å². The summed E-state index contributed by atoms with van der Waals surface area (Å²) in [6, 6.07) is 0. The van der Waals surface area contributed by atoms with Crippen molar-refractivity contribution >= 4 is 10.0 Å². The molecule has 0 amide bonds. The minimum Gasteiger partial charge on any atom is -0.368 e. The first-order valence-corrected chi connectivity index (χ1v) is 6.46. The van der Waals surface area contributed by atoms with E-state index in [4.69, 9.17) is 4.74 Å². The summed E-state index contributed by atoms with van der Waals surface area (Å²) in [5.74, 6) is 0. The Hall–Kier alpha value is -0.130. The lowest BCUT2D eigenvalue weighted by Gasteiger charge is -2.19. The molecule has 0 saturated carbocycles. The van der Waals surface area contributed by atoms with Crippen LogP contribution in [-0.2, 0) is 14.8 Å². The molecule has 1 atom stereocenters. The summed E-state index contributed by atoms with van der Waals surface area (Å²) in [7, 11) is -3.03. The second-order valence-corrected chi connectivity index (χ2v) is 6.01. The molecule has 4 nitrogen and oxygen atoms in total. The van der Waals surface area contributed by atoms with Gasteiger partial charge >= 0.3 is 0 Å². The van der Waals surface area contributed by atoms with Crippen molar-refractivity contribution in [3.63, 3.8) is 0 Å². The number of rotatable bonds is 1. The molecule has 1 unspecified atom stereocenters. The summed E-state index contributed by atoms with van der Waals surface area (Å²) >= 11 is 0. The van der Waals surface area contributed by atoms with Crippen molar-refractivity contribution in [3.8, 4) is 0 Å². The van der Waals surface area contributed by atoms with Gasteiger partial charge in [-0.3, -0.25) is 0 Å². The van der Waals surface area contributed by atoms with Crippen LogP contribution in [0.5, 0.6) is 0 Å².